The summed E-state index contributed by atoms with van der Waals surface area (Å²) in [5, 5.41) is 0. The van der Waals surface area contributed by atoms with Crippen molar-refractivity contribution < 1.29 is 4.79 Å². The van der Waals surface area contributed by atoms with Gasteiger partial charge in [-0.3, -0.25) is 14.8 Å². The Morgan fingerprint density at radius 2 is 1.73 bits per heavy atom. The molecule has 1 atom stereocenters. The number of aryl methyl sites for hydroxylation is 1. The largest absolute Gasteiger partial charge is 0.343 e. The number of imidazole rings is 1. The number of hydrogen-bond donors (Lipinski definition) is 0. The van der Waals surface area contributed by atoms with E-state index < -0.39 is 0 Å². The van der Waals surface area contributed by atoms with E-state index >= 15 is 0 Å². The van der Waals surface area contributed by atoms with Crippen molar-refractivity contribution in [2.24, 2.45) is 0 Å². The maximum absolute atomic E-state index is 12.9. The van der Waals surface area contributed by atoms with Crippen molar-refractivity contribution in [3.8, 4) is 11.5 Å². The van der Waals surface area contributed by atoms with Gasteiger partial charge < -0.3 is 9.47 Å². The molecule has 0 spiro atoms. The molecule has 0 saturated heterocycles. The van der Waals surface area contributed by atoms with Crippen LogP contribution in [0.1, 0.15) is 19.0 Å². The Bertz CT molecular complexity index is 1120. The molecule has 0 bridgehead atoms. The molecular formula is C24H25N5O. The van der Waals surface area contributed by atoms with Crippen molar-refractivity contribution in [3.05, 3.63) is 78.8 Å². The monoisotopic (exact) mass is 399 g/mol. The average Bonchev–Trinajstić information content (AvgIpc) is 3.17. The predicted octanol–water partition coefficient (Wildman–Crippen LogP) is 3.97. The zero-order chi connectivity index (χ0) is 20.9. The van der Waals surface area contributed by atoms with E-state index in [0.717, 1.165) is 34.7 Å². The SMILES string of the molecule is CC(Cc1ccccn1)N(C)C(=O)CCn1c(-c2ccccn2)nc2ccccc21. The van der Waals surface area contributed by atoms with Crippen LogP contribution in [0.3, 0.4) is 0 Å². The van der Waals surface area contributed by atoms with Crippen molar-refractivity contribution >= 4 is 16.9 Å². The van der Waals surface area contributed by atoms with Crippen molar-refractivity contribution in [2.75, 3.05) is 7.05 Å². The highest BCUT2D eigenvalue weighted by Gasteiger charge is 2.19. The van der Waals surface area contributed by atoms with Gasteiger partial charge in [-0.25, -0.2) is 4.98 Å². The minimum Gasteiger partial charge on any atom is -0.343 e. The van der Waals surface area contributed by atoms with Crippen LogP contribution in [-0.2, 0) is 17.8 Å². The second-order valence-electron chi connectivity index (χ2n) is 7.42. The summed E-state index contributed by atoms with van der Waals surface area (Å²) in [6, 6.07) is 19.7. The Balaban J connectivity index is 1.51. The van der Waals surface area contributed by atoms with E-state index in [2.05, 4.69) is 21.5 Å². The molecule has 1 amide bonds. The third kappa shape index (κ3) is 4.22. The Morgan fingerprint density at radius 3 is 2.47 bits per heavy atom. The fraction of sp³-hybridized carbons (Fsp3) is 0.250. The van der Waals surface area contributed by atoms with Gasteiger partial charge in [0.25, 0.3) is 0 Å². The number of hydrogen-bond acceptors (Lipinski definition) is 4. The van der Waals surface area contributed by atoms with Gasteiger partial charge in [-0.15, -0.1) is 0 Å². The smallest absolute Gasteiger partial charge is 0.224 e. The number of likely N-dealkylation sites (N-methyl/N-ethyl adjacent to an activating group) is 1. The lowest BCUT2D eigenvalue weighted by Gasteiger charge is -2.25. The van der Waals surface area contributed by atoms with Gasteiger partial charge in [0.2, 0.25) is 5.91 Å². The standard InChI is InChI=1S/C24H25N5O/c1-18(17-19-9-5-7-14-25-19)28(2)23(30)13-16-29-22-12-4-3-10-20(22)27-24(29)21-11-6-8-15-26-21/h3-12,14-15,18H,13,16-17H2,1-2H3. The van der Waals surface area contributed by atoms with Gasteiger partial charge in [0, 0.05) is 50.6 Å². The Labute approximate surface area is 176 Å². The maximum atomic E-state index is 12.9. The van der Waals surface area contributed by atoms with Gasteiger partial charge in [0.1, 0.15) is 5.69 Å². The van der Waals surface area contributed by atoms with Gasteiger partial charge in [0.05, 0.1) is 11.0 Å². The number of carbonyl (C=O) groups is 1. The van der Waals surface area contributed by atoms with Crippen molar-refractivity contribution in [1.82, 2.24) is 24.4 Å². The summed E-state index contributed by atoms with van der Waals surface area (Å²) >= 11 is 0. The minimum atomic E-state index is 0.0715. The van der Waals surface area contributed by atoms with E-state index in [0.29, 0.717) is 13.0 Å². The molecule has 4 aromatic rings. The second kappa shape index (κ2) is 8.86. The van der Waals surface area contributed by atoms with E-state index in [-0.39, 0.29) is 11.9 Å². The van der Waals surface area contributed by atoms with Crippen LogP contribution in [0.5, 0.6) is 0 Å². The van der Waals surface area contributed by atoms with Crippen LogP contribution in [0.2, 0.25) is 0 Å². The Morgan fingerprint density at radius 1 is 1.00 bits per heavy atom. The van der Waals surface area contributed by atoms with Crippen LogP contribution in [0.15, 0.2) is 73.1 Å². The average molecular weight is 399 g/mol. The molecule has 3 heterocycles. The highest BCUT2D eigenvalue weighted by Crippen LogP contribution is 2.24. The summed E-state index contributed by atoms with van der Waals surface area (Å²) in [6.45, 7) is 2.60. The molecule has 0 aliphatic carbocycles. The normalized spacial score (nSPS) is 12.1. The highest BCUT2D eigenvalue weighted by atomic mass is 16.2. The summed E-state index contributed by atoms with van der Waals surface area (Å²) in [4.78, 5) is 28.3. The Kier molecular flexibility index (Phi) is 5.84. The lowest BCUT2D eigenvalue weighted by atomic mass is 10.1. The van der Waals surface area contributed by atoms with E-state index in [1.165, 1.54) is 0 Å². The molecular weight excluding hydrogens is 374 g/mol. The molecule has 0 N–H and O–H groups in total. The molecule has 4 rings (SSSR count). The van der Waals surface area contributed by atoms with Crippen LogP contribution in [-0.4, -0.2) is 43.4 Å². The number of fused-ring (bicyclic) bond motifs is 1. The number of nitrogens with zero attached hydrogens (tertiary/aromatic N) is 5. The highest BCUT2D eigenvalue weighted by molar-refractivity contribution is 5.81. The van der Waals surface area contributed by atoms with Gasteiger partial charge in [-0.05, 0) is 43.3 Å². The number of pyridine rings is 2. The fourth-order valence-corrected chi connectivity index (χ4v) is 3.58. The first kappa shape index (κ1) is 19.8. The molecule has 0 fully saturated rings. The quantitative estimate of drug-likeness (QED) is 0.472. The fourth-order valence-electron chi connectivity index (χ4n) is 3.58. The van der Waals surface area contributed by atoms with Gasteiger partial charge in [-0.2, -0.15) is 0 Å². The van der Waals surface area contributed by atoms with Gasteiger partial charge in [0.15, 0.2) is 5.82 Å². The zero-order valence-electron chi connectivity index (χ0n) is 17.3. The summed E-state index contributed by atoms with van der Waals surface area (Å²) in [5.74, 6) is 0.886. The number of aromatic nitrogens is 4. The molecule has 1 unspecified atom stereocenters. The van der Waals surface area contributed by atoms with Crippen LogP contribution >= 0.6 is 0 Å². The topological polar surface area (TPSA) is 63.9 Å². The molecule has 0 saturated carbocycles. The van der Waals surface area contributed by atoms with E-state index in [1.54, 1.807) is 12.4 Å². The number of amides is 1. The molecule has 152 valence electrons. The van der Waals surface area contributed by atoms with Crippen LogP contribution in [0, 0.1) is 0 Å². The van der Waals surface area contributed by atoms with Gasteiger partial charge >= 0.3 is 0 Å². The number of rotatable bonds is 7. The summed E-state index contributed by atoms with van der Waals surface area (Å²) < 4.78 is 2.09. The third-order valence-electron chi connectivity index (χ3n) is 5.38. The first-order valence-electron chi connectivity index (χ1n) is 10.2. The lowest BCUT2D eigenvalue weighted by Crippen LogP contribution is -2.37. The van der Waals surface area contributed by atoms with Crippen LogP contribution in [0.25, 0.3) is 22.6 Å². The van der Waals surface area contributed by atoms with E-state index in [4.69, 9.17) is 4.98 Å². The molecule has 30 heavy (non-hydrogen) atoms. The molecule has 0 radical (unpaired) electrons. The second-order valence-corrected chi connectivity index (χ2v) is 7.42. The lowest BCUT2D eigenvalue weighted by molar-refractivity contribution is -0.131. The molecule has 1 aromatic carbocycles. The van der Waals surface area contributed by atoms with Crippen LogP contribution < -0.4 is 0 Å². The number of para-hydroxylation sites is 2. The third-order valence-corrected chi connectivity index (χ3v) is 5.38. The predicted molar refractivity (Wildman–Crippen MR) is 118 cm³/mol. The summed E-state index contributed by atoms with van der Waals surface area (Å²) in [5.41, 5.74) is 3.71. The van der Waals surface area contributed by atoms with Crippen molar-refractivity contribution in [1.29, 1.82) is 0 Å². The summed E-state index contributed by atoms with van der Waals surface area (Å²) in [6.07, 6.45) is 4.67. The molecule has 6 nitrogen and oxygen atoms in total. The molecule has 0 aliphatic rings. The minimum absolute atomic E-state index is 0.0715. The summed E-state index contributed by atoms with van der Waals surface area (Å²) in [7, 11) is 1.86. The van der Waals surface area contributed by atoms with Crippen LogP contribution in [0.4, 0.5) is 0 Å². The van der Waals surface area contributed by atoms with Crippen molar-refractivity contribution in [3.63, 3.8) is 0 Å². The molecule has 6 heteroatoms. The molecule has 0 aliphatic heterocycles. The molecule has 3 aromatic heterocycles. The Hall–Kier alpha value is -3.54. The van der Waals surface area contributed by atoms with Gasteiger partial charge in [-0.1, -0.05) is 24.3 Å². The zero-order valence-corrected chi connectivity index (χ0v) is 17.3. The number of carbonyl (C=O) groups excluding carboxylic acids is 1. The first-order valence-corrected chi connectivity index (χ1v) is 10.2. The maximum Gasteiger partial charge on any atom is 0.224 e. The van der Waals surface area contributed by atoms with E-state index in [1.807, 2.05) is 72.6 Å². The van der Waals surface area contributed by atoms with E-state index in [9.17, 15) is 4.79 Å². The van der Waals surface area contributed by atoms with Crippen molar-refractivity contribution in [2.45, 2.75) is 32.4 Å². The first-order chi connectivity index (χ1) is 14.6. The number of benzene rings is 1.